The van der Waals surface area contributed by atoms with E-state index in [9.17, 15) is 4.79 Å². The van der Waals surface area contributed by atoms with Gasteiger partial charge in [-0.2, -0.15) is 0 Å². The van der Waals surface area contributed by atoms with Gasteiger partial charge in [-0.15, -0.1) is 5.10 Å². The third kappa shape index (κ3) is 3.84. The van der Waals surface area contributed by atoms with Crippen molar-refractivity contribution in [2.24, 2.45) is 0 Å². The summed E-state index contributed by atoms with van der Waals surface area (Å²) in [4.78, 5) is 14.3. The van der Waals surface area contributed by atoms with E-state index in [4.69, 9.17) is 4.74 Å². The van der Waals surface area contributed by atoms with Crippen molar-refractivity contribution in [2.75, 3.05) is 19.7 Å². The highest BCUT2D eigenvalue weighted by molar-refractivity contribution is 5.78. The van der Waals surface area contributed by atoms with Crippen LogP contribution in [-0.2, 0) is 4.79 Å². The second-order valence-corrected chi connectivity index (χ2v) is 6.79. The van der Waals surface area contributed by atoms with Crippen molar-refractivity contribution in [2.45, 2.75) is 19.4 Å². The molecule has 2 aromatic carbocycles. The van der Waals surface area contributed by atoms with Crippen LogP contribution in [0.3, 0.4) is 0 Å². The predicted octanol–water partition coefficient (Wildman–Crippen LogP) is 3.11. The Bertz CT molecular complexity index is 923. The fourth-order valence-electron chi connectivity index (χ4n) is 3.33. The maximum absolute atomic E-state index is 12.5. The zero-order valence-corrected chi connectivity index (χ0v) is 15.3. The minimum Gasteiger partial charge on any atom is -0.484 e. The van der Waals surface area contributed by atoms with Crippen molar-refractivity contribution in [1.82, 2.24) is 19.9 Å². The van der Waals surface area contributed by atoms with Gasteiger partial charge in [-0.05, 0) is 25.0 Å². The van der Waals surface area contributed by atoms with Crippen molar-refractivity contribution in [1.29, 1.82) is 0 Å². The van der Waals surface area contributed by atoms with E-state index in [1.165, 1.54) is 0 Å². The summed E-state index contributed by atoms with van der Waals surface area (Å²) in [5, 5.41) is 8.54. The number of carbonyl (C=O) groups is 1. The molecule has 27 heavy (non-hydrogen) atoms. The topological polar surface area (TPSA) is 60.2 Å². The molecule has 6 nitrogen and oxygen atoms in total. The van der Waals surface area contributed by atoms with Crippen molar-refractivity contribution in [3.8, 4) is 17.0 Å². The van der Waals surface area contributed by atoms with E-state index in [1.807, 2.05) is 77.3 Å². The summed E-state index contributed by atoms with van der Waals surface area (Å²) in [5.74, 6) is 0.759. The van der Waals surface area contributed by atoms with Gasteiger partial charge < -0.3 is 9.64 Å². The van der Waals surface area contributed by atoms with Crippen molar-refractivity contribution in [3.63, 3.8) is 0 Å². The van der Waals surface area contributed by atoms with Gasteiger partial charge in [-0.3, -0.25) is 4.79 Å². The van der Waals surface area contributed by atoms with Gasteiger partial charge in [0.05, 0.1) is 12.2 Å². The lowest BCUT2D eigenvalue weighted by Gasteiger charge is -2.17. The van der Waals surface area contributed by atoms with Gasteiger partial charge in [0.1, 0.15) is 11.4 Å². The molecule has 3 aromatic rings. The van der Waals surface area contributed by atoms with Crippen LogP contribution in [0.2, 0.25) is 0 Å². The van der Waals surface area contributed by atoms with Crippen LogP contribution >= 0.6 is 0 Å². The monoisotopic (exact) mass is 362 g/mol. The van der Waals surface area contributed by atoms with Gasteiger partial charge in [0, 0.05) is 18.7 Å². The van der Waals surface area contributed by atoms with E-state index in [0.717, 1.165) is 29.0 Å². The number of rotatable bonds is 5. The van der Waals surface area contributed by atoms with Gasteiger partial charge in [-0.25, -0.2) is 4.68 Å². The molecule has 138 valence electrons. The molecule has 0 saturated carbocycles. The van der Waals surface area contributed by atoms with E-state index in [0.29, 0.717) is 13.1 Å². The van der Waals surface area contributed by atoms with Crippen molar-refractivity contribution in [3.05, 3.63) is 66.4 Å². The smallest absolute Gasteiger partial charge is 0.260 e. The molecule has 1 atom stereocenters. The number of aryl methyl sites for hydroxylation is 1. The van der Waals surface area contributed by atoms with E-state index < -0.39 is 0 Å². The molecule has 6 heteroatoms. The summed E-state index contributed by atoms with van der Waals surface area (Å²) in [6.45, 7) is 3.37. The fourth-order valence-corrected chi connectivity index (χ4v) is 3.33. The van der Waals surface area contributed by atoms with E-state index >= 15 is 0 Å². The molecular formula is C21H22N4O2. The van der Waals surface area contributed by atoms with Crippen molar-refractivity contribution < 1.29 is 9.53 Å². The predicted molar refractivity (Wildman–Crippen MR) is 102 cm³/mol. The highest BCUT2D eigenvalue weighted by Gasteiger charge is 2.28. The molecule has 1 aliphatic rings. The van der Waals surface area contributed by atoms with Crippen LogP contribution in [0.25, 0.3) is 11.3 Å². The van der Waals surface area contributed by atoms with Crippen LogP contribution in [0.1, 0.15) is 18.0 Å². The fraction of sp³-hybridized carbons (Fsp3) is 0.286. The highest BCUT2D eigenvalue weighted by atomic mass is 16.5. The van der Waals surface area contributed by atoms with Gasteiger partial charge >= 0.3 is 0 Å². The molecule has 1 saturated heterocycles. The zero-order chi connectivity index (χ0) is 18.6. The minimum absolute atomic E-state index is 0.00384. The number of ether oxygens (including phenoxy) is 1. The number of hydrogen-bond donors (Lipinski definition) is 0. The highest BCUT2D eigenvalue weighted by Crippen LogP contribution is 2.24. The third-order valence-corrected chi connectivity index (χ3v) is 4.91. The van der Waals surface area contributed by atoms with Crippen molar-refractivity contribution >= 4 is 5.91 Å². The molecule has 1 aliphatic heterocycles. The summed E-state index contributed by atoms with van der Waals surface area (Å²) >= 11 is 0. The Hall–Kier alpha value is -3.15. The molecular weight excluding hydrogens is 340 g/mol. The lowest BCUT2D eigenvalue weighted by Crippen LogP contribution is -2.33. The molecule has 0 spiro atoms. The van der Waals surface area contributed by atoms with Gasteiger partial charge in [0.25, 0.3) is 5.91 Å². The summed E-state index contributed by atoms with van der Waals surface area (Å²) in [6.07, 6.45) is 2.82. The first kappa shape index (κ1) is 17.3. The molecule has 0 bridgehead atoms. The number of para-hydroxylation sites is 1. The SMILES string of the molecule is Cc1ccccc1OCC(=O)N1CCC(n2cc(-c3ccccc3)nn2)C1. The Labute approximate surface area is 158 Å². The molecule has 0 radical (unpaired) electrons. The van der Waals surface area contributed by atoms with Crippen LogP contribution in [0.15, 0.2) is 60.8 Å². The Kier molecular flexibility index (Phi) is 4.87. The molecule has 1 amide bonds. The number of hydrogen-bond acceptors (Lipinski definition) is 4. The van der Waals surface area contributed by atoms with Crippen LogP contribution in [0.4, 0.5) is 0 Å². The largest absolute Gasteiger partial charge is 0.484 e. The quantitative estimate of drug-likeness (QED) is 0.700. The van der Waals surface area contributed by atoms with Crippen LogP contribution in [0, 0.1) is 6.92 Å². The van der Waals surface area contributed by atoms with E-state index in [2.05, 4.69) is 10.3 Å². The summed E-state index contributed by atoms with van der Waals surface area (Å²) in [7, 11) is 0. The molecule has 0 aliphatic carbocycles. The standard InChI is InChI=1S/C21H22N4O2/c1-16-7-5-6-10-20(16)27-15-21(26)24-12-11-18(13-24)25-14-19(22-23-25)17-8-3-2-4-9-17/h2-10,14,18H,11-13,15H2,1H3. The van der Waals surface area contributed by atoms with E-state index in [-0.39, 0.29) is 18.6 Å². The first-order chi connectivity index (χ1) is 13.2. The number of carbonyl (C=O) groups excluding carboxylic acids is 1. The van der Waals surface area contributed by atoms with Gasteiger partial charge in [0.2, 0.25) is 0 Å². The van der Waals surface area contributed by atoms with Gasteiger partial charge in [0.15, 0.2) is 6.61 Å². The Morgan fingerprint density at radius 1 is 1.15 bits per heavy atom. The third-order valence-electron chi connectivity index (χ3n) is 4.91. The number of benzene rings is 2. The normalized spacial score (nSPS) is 16.5. The molecule has 1 unspecified atom stereocenters. The first-order valence-electron chi connectivity index (χ1n) is 9.14. The van der Waals surface area contributed by atoms with Crippen LogP contribution in [0.5, 0.6) is 5.75 Å². The lowest BCUT2D eigenvalue weighted by molar-refractivity contribution is -0.132. The maximum atomic E-state index is 12.5. The summed E-state index contributed by atoms with van der Waals surface area (Å²) in [6, 6.07) is 17.9. The molecule has 1 fully saturated rings. The maximum Gasteiger partial charge on any atom is 0.260 e. The second kappa shape index (κ2) is 7.61. The van der Waals surface area contributed by atoms with Crippen LogP contribution < -0.4 is 4.74 Å². The Morgan fingerprint density at radius 3 is 2.74 bits per heavy atom. The Balaban J connectivity index is 1.35. The summed E-state index contributed by atoms with van der Waals surface area (Å²) < 4.78 is 7.56. The second-order valence-electron chi connectivity index (χ2n) is 6.79. The molecule has 0 N–H and O–H groups in total. The number of aromatic nitrogens is 3. The lowest BCUT2D eigenvalue weighted by atomic mass is 10.2. The Morgan fingerprint density at radius 2 is 1.93 bits per heavy atom. The molecule has 1 aromatic heterocycles. The number of likely N-dealkylation sites (tertiary alicyclic amines) is 1. The number of amides is 1. The average molecular weight is 362 g/mol. The first-order valence-corrected chi connectivity index (χ1v) is 9.14. The number of nitrogens with zero attached hydrogens (tertiary/aromatic N) is 4. The molecule has 4 rings (SSSR count). The zero-order valence-electron chi connectivity index (χ0n) is 15.3. The van der Waals surface area contributed by atoms with E-state index in [1.54, 1.807) is 0 Å². The van der Waals surface area contributed by atoms with Gasteiger partial charge in [-0.1, -0.05) is 53.7 Å². The molecule has 2 heterocycles. The minimum atomic E-state index is 0.00384. The summed E-state index contributed by atoms with van der Waals surface area (Å²) in [5.41, 5.74) is 2.92. The average Bonchev–Trinajstić information content (AvgIpc) is 3.37. The van der Waals surface area contributed by atoms with Crippen LogP contribution in [-0.4, -0.2) is 45.5 Å².